The van der Waals surface area contributed by atoms with Gasteiger partial charge in [0.25, 0.3) is 0 Å². The lowest BCUT2D eigenvalue weighted by molar-refractivity contribution is -0.119. The molecule has 2 fully saturated rings. The lowest BCUT2D eigenvalue weighted by Crippen LogP contribution is -2.45. The largest absolute Gasteiger partial charge is 0.352 e. The lowest BCUT2D eigenvalue weighted by Gasteiger charge is -2.34. The van der Waals surface area contributed by atoms with E-state index >= 15 is 0 Å². The molecule has 0 aromatic carbocycles. The van der Waals surface area contributed by atoms with Gasteiger partial charge in [0.2, 0.25) is 5.91 Å². The van der Waals surface area contributed by atoms with Crippen molar-refractivity contribution in [3.8, 4) is 0 Å². The summed E-state index contributed by atoms with van der Waals surface area (Å²) in [7, 11) is 0. The molecule has 1 heterocycles. The van der Waals surface area contributed by atoms with Gasteiger partial charge < -0.3 is 10.6 Å². The third-order valence-electron chi connectivity index (χ3n) is 4.17. The van der Waals surface area contributed by atoms with Gasteiger partial charge in [-0.25, -0.2) is 0 Å². The lowest BCUT2D eigenvalue weighted by atomic mass is 9.80. The number of carbonyl (C=O) groups excluding carboxylic acids is 1. The van der Waals surface area contributed by atoms with Gasteiger partial charge in [0, 0.05) is 25.0 Å². The maximum atomic E-state index is 11.1. The average molecular weight is 224 g/mol. The van der Waals surface area contributed by atoms with Gasteiger partial charge in [0.1, 0.15) is 0 Å². The molecule has 2 aliphatic rings. The molecule has 1 saturated carbocycles. The molecule has 92 valence electrons. The Bertz CT molecular complexity index is 254. The maximum Gasteiger partial charge on any atom is 0.220 e. The minimum Gasteiger partial charge on any atom is -0.352 e. The van der Waals surface area contributed by atoms with Crippen LogP contribution in [0.25, 0.3) is 0 Å². The van der Waals surface area contributed by atoms with Crippen molar-refractivity contribution in [1.82, 2.24) is 10.6 Å². The van der Waals surface area contributed by atoms with E-state index in [4.69, 9.17) is 0 Å². The Hall–Kier alpha value is -0.570. The Morgan fingerprint density at radius 3 is 2.81 bits per heavy atom. The van der Waals surface area contributed by atoms with Gasteiger partial charge >= 0.3 is 0 Å². The zero-order valence-corrected chi connectivity index (χ0v) is 10.5. The van der Waals surface area contributed by atoms with E-state index in [9.17, 15) is 4.79 Å². The van der Waals surface area contributed by atoms with Crippen molar-refractivity contribution in [2.24, 2.45) is 11.8 Å². The van der Waals surface area contributed by atoms with Crippen molar-refractivity contribution >= 4 is 5.91 Å². The van der Waals surface area contributed by atoms with Gasteiger partial charge in [-0.1, -0.05) is 20.3 Å². The highest BCUT2D eigenvalue weighted by Crippen LogP contribution is 2.28. The Morgan fingerprint density at radius 1 is 1.31 bits per heavy atom. The van der Waals surface area contributed by atoms with Crippen LogP contribution in [0.3, 0.4) is 0 Å². The molecule has 0 aromatic heterocycles. The molecule has 3 nitrogen and oxygen atoms in total. The van der Waals surface area contributed by atoms with Gasteiger partial charge in [-0.05, 0) is 31.1 Å². The summed E-state index contributed by atoms with van der Waals surface area (Å²) in [5.74, 6) is 1.86. The van der Waals surface area contributed by atoms with Gasteiger partial charge in [-0.2, -0.15) is 0 Å². The fourth-order valence-electron chi connectivity index (χ4n) is 2.94. The second kappa shape index (κ2) is 5.17. The topological polar surface area (TPSA) is 41.1 Å². The van der Waals surface area contributed by atoms with E-state index < -0.39 is 0 Å². The SMILES string of the molecule is CC1CCC(C)C(NCC2CCC(=O)N2)C1. The maximum absolute atomic E-state index is 11.1. The molecule has 16 heavy (non-hydrogen) atoms. The summed E-state index contributed by atoms with van der Waals surface area (Å²) in [6, 6.07) is 1.03. The monoisotopic (exact) mass is 224 g/mol. The van der Waals surface area contributed by atoms with Crippen LogP contribution in [0.15, 0.2) is 0 Å². The number of carbonyl (C=O) groups is 1. The number of nitrogens with one attached hydrogen (secondary N) is 2. The van der Waals surface area contributed by atoms with Crippen LogP contribution in [0.5, 0.6) is 0 Å². The molecule has 0 bridgehead atoms. The fraction of sp³-hybridized carbons (Fsp3) is 0.923. The Kier molecular flexibility index (Phi) is 3.85. The van der Waals surface area contributed by atoms with Crippen LogP contribution in [0.4, 0.5) is 0 Å². The Labute approximate surface area is 98.4 Å². The van der Waals surface area contributed by atoms with Crippen LogP contribution in [-0.2, 0) is 4.79 Å². The van der Waals surface area contributed by atoms with Crippen molar-refractivity contribution in [3.63, 3.8) is 0 Å². The van der Waals surface area contributed by atoms with E-state index in [1.807, 2.05) is 0 Å². The summed E-state index contributed by atoms with van der Waals surface area (Å²) in [4.78, 5) is 11.1. The standard InChI is InChI=1S/C13H24N2O/c1-9-3-4-10(2)12(7-9)14-8-11-5-6-13(16)15-11/h9-12,14H,3-8H2,1-2H3,(H,15,16). The van der Waals surface area contributed by atoms with Gasteiger partial charge in [-0.3, -0.25) is 4.79 Å². The molecule has 1 aliphatic carbocycles. The van der Waals surface area contributed by atoms with Crippen molar-refractivity contribution in [2.45, 2.75) is 58.0 Å². The fourth-order valence-corrected chi connectivity index (χ4v) is 2.94. The summed E-state index contributed by atoms with van der Waals surface area (Å²) in [5, 5.41) is 6.67. The normalized spacial score (nSPS) is 39.8. The second-order valence-electron chi connectivity index (χ2n) is 5.71. The van der Waals surface area contributed by atoms with Crippen LogP contribution in [-0.4, -0.2) is 24.5 Å². The van der Waals surface area contributed by atoms with Crippen molar-refractivity contribution in [2.75, 3.05) is 6.54 Å². The molecular weight excluding hydrogens is 200 g/mol. The molecule has 0 radical (unpaired) electrons. The molecule has 1 saturated heterocycles. The van der Waals surface area contributed by atoms with Crippen LogP contribution < -0.4 is 10.6 Å². The molecule has 4 atom stereocenters. The number of amides is 1. The van der Waals surface area contributed by atoms with Gasteiger partial charge in [0.15, 0.2) is 0 Å². The van der Waals surface area contributed by atoms with E-state index in [-0.39, 0.29) is 5.91 Å². The predicted molar refractivity (Wildman–Crippen MR) is 65.1 cm³/mol. The highest BCUT2D eigenvalue weighted by molar-refractivity contribution is 5.78. The molecule has 0 spiro atoms. The summed E-state index contributed by atoms with van der Waals surface area (Å²) in [6.45, 7) is 5.64. The molecule has 2 N–H and O–H groups in total. The van der Waals surface area contributed by atoms with E-state index in [0.717, 1.165) is 24.8 Å². The van der Waals surface area contributed by atoms with E-state index in [1.165, 1.54) is 19.3 Å². The molecule has 4 unspecified atom stereocenters. The second-order valence-corrected chi connectivity index (χ2v) is 5.71. The molecular formula is C13H24N2O. The van der Waals surface area contributed by atoms with Crippen LogP contribution in [0, 0.1) is 11.8 Å². The minimum atomic E-state index is 0.219. The van der Waals surface area contributed by atoms with Crippen molar-refractivity contribution < 1.29 is 4.79 Å². The van der Waals surface area contributed by atoms with E-state index in [1.54, 1.807) is 0 Å². The molecule has 3 heteroatoms. The number of hydrogen-bond donors (Lipinski definition) is 2. The first-order valence-corrected chi connectivity index (χ1v) is 6.68. The molecule has 1 aliphatic heterocycles. The number of rotatable bonds is 3. The van der Waals surface area contributed by atoms with Crippen molar-refractivity contribution in [1.29, 1.82) is 0 Å². The first-order chi connectivity index (χ1) is 7.65. The van der Waals surface area contributed by atoms with Crippen LogP contribution >= 0.6 is 0 Å². The molecule has 0 aromatic rings. The average Bonchev–Trinajstić information content (AvgIpc) is 2.66. The smallest absolute Gasteiger partial charge is 0.220 e. The molecule has 2 rings (SSSR count). The Balaban J connectivity index is 1.74. The van der Waals surface area contributed by atoms with E-state index in [0.29, 0.717) is 18.5 Å². The van der Waals surface area contributed by atoms with Crippen LogP contribution in [0.2, 0.25) is 0 Å². The third kappa shape index (κ3) is 2.97. The summed E-state index contributed by atoms with van der Waals surface area (Å²) < 4.78 is 0. The highest BCUT2D eigenvalue weighted by atomic mass is 16.1. The Morgan fingerprint density at radius 2 is 2.12 bits per heavy atom. The summed E-state index contributed by atoms with van der Waals surface area (Å²) in [5.41, 5.74) is 0. The summed E-state index contributed by atoms with van der Waals surface area (Å²) in [6.07, 6.45) is 5.72. The third-order valence-corrected chi connectivity index (χ3v) is 4.17. The van der Waals surface area contributed by atoms with Crippen LogP contribution in [0.1, 0.15) is 46.0 Å². The zero-order chi connectivity index (χ0) is 11.5. The summed E-state index contributed by atoms with van der Waals surface area (Å²) >= 11 is 0. The zero-order valence-electron chi connectivity index (χ0n) is 10.5. The quantitative estimate of drug-likeness (QED) is 0.766. The van der Waals surface area contributed by atoms with Crippen molar-refractivity contribution in [3.05, 3.63) is 0 Å². The first kappa shape index (κ1) is 11.9. The highest BCUT2D eigenvalue weighted by Gasteiger charge is 2.27. The van der Waals surface area contributed by atoms with Gasteiger partial charge in [-0.15, -0.1) is 0 Å². The number of hydrogen-bond acceptors (Lipinski definition) is 2. The van der Waals surface area contributed by atoms with E-state index in [2.05, 4.69) is 24.5 Å². The first-order valence-electron chi connectivity index (χ1n) is 6.68. The minimum absolute atomic E-state index is 0.219. The van der Waals surface area contributed by atoms with Gasteiger partial charge in [0.05, 0.1) is 0 Å². The molecule has 1 amide bonds. The predicted octanol–water partition coefficient (Wildman–Crippen LogP) is 1.68.